The molecule has 0 radical (unpaired) electrons. The maximum Gasteiger partial charge on any atom is 0.160 e. The zero-order valence-corrected chi connectivity index (χ0v) is 5.42. The summed E-state index contributed by atoms with van der Waals surface area (Å²) in [7, 11) is 0. The molecule has 3 heteroatoms. The first-order valence-electron chi connectivity index (χ1n) is 3.00. The van der Waals surface area contributed by atoms with E-state index in [4.69, 9.17) is 9.47 Å². The molecule has 1 rings (SSSR count). The summed E-state index contributed by atoms with van der Waals surface area (Å²) in [5, 5.41) is 0. The number of carbonyl (C=O) groups excluding carboxylic acids is 1. The monoisotopic (exact) mass is 130 g/mol. The van der Waals surface area contributed by atoms with Gasteiger partial charge in [0.2, 0.25) is 0 Å². The van der Waals surface area contributed by atoms with Crippen LogP contribution in [0.5, 0.6) is 0 Å². The Balaban J connectivity index is 2.31. The highest BCUT2D eigenvalue weighted by Gasteiger charge is 2.17. The molecule has 0 saturated carbocycles. The van der Waals surface area contributed by atoms with E-state index in [0.717, 1.165) is 0 Å². The largest absolute Gasteiger partial charge is 0.376 e. The minimum absolute atomic E-state index is 0.0506. The molecule has 3 nitrogen and oxygen atoms in total. The number of Topliss-reactive ketones (excluding diaryl/α,β-unsaturated/α-hetero) is 1. The number of carbonyl (C=O) groups is 1. The van der Waals surface area contributed by atoms with Crippen molar-refractivity contribution in [2.45, 2.75) is 13.0 Å². The molecule has 0 amide bonds. The fraction of sp³-hybridized carbons (Fsp3) is 0.833. The number of hydrogen-bond donors (Lipinski definition) is 0. The van der Waals surface area contributed by atoms with Crippen LogP contribution in [0.2, 0.25) is 0 Å². The van der Waals surface area contributed by atoms with Crippen LogP contribution in [-0.4, -0.2) is 31.7 Å². The van der Waals surface area contributed by atoms with Gasteiger partial charge in [-0.05, 0) is 6.92 Å². The second-order valence-electron chi connectivity index (χ2n) is 2.04. The Hall–Kier alpha value is -0.410. The Morgan fingerprint density at radius 2 is 2.33 bits per heavy atom. The summed E-state index contributed by atoms with van der Waals surface area (Å²) in [6, 6.07) is 0. The van der Waals surface area contributed by atoms with Gasteiger partial charge in [0.25, 0.3) is 0 Å². The smallest absolute Gasteiger partial charge is 0.160 e. The van der Waals surface area contributed by atoms with Gasteiger partial charge in [0.05, 0.1) is 19.8 Å². The van der Waals surface area contributed by atoms with Crippen molar-refractivity contribution in [2.75, 3.05) is 19.8 Å². The van der Waals surface area contributed by atoms with Crippen LogP contribution in [-0.2, 0) is 14.3 Å². The molecule has 0 bridgehead atoms. The van der Waals surface area contributed by atoms with Crippen molar-refractivity contribution in [2.24, 2.45) is 0 Å². The predicted molar refractivity (Wildman–Crippen MR) is 31.2 cm³/mol. The lowest BCUT2D eigenvalue weighted by Gasteiger charge is -2.19. The molecule has 1 unspecified atom stereocenters. The molecule has 9 heavy (non-hydrogen) atoms. The van der Waals surface area contributed by atoms with E-state index in [1.807, 2.05) is 0 Å². The Morgan fingerprint density at radius 3 is 2.67 bits per heavy atom. The van der Waals surface area contributed by atoms with Gasteiger partial charge in [-0.2, -0.15) is 0 Å². The molecular weight excluding hydrogens is 120 g/mol. The van der Waals surface area contributed by atoms with Crippen LogP contribution in [0.25, 0.3) is 0 Å². The number of hydrogen-bond acceptors (Lipinski definition) is 3. The van der Waals surface area contributed by atoms with Crippen molar-refractivity contribution < 1.29 is 14.3 Å². The Bertz CT molecular complexity index is 105. The Labute approximate surface area is 53.9 Å². The summed E-state index contributed by atoms with van der Waals surface area (Å²) in [6.45, 7) is 3.10. The van der Waals surface area contributed by atoms with Crippen molar-refractivity contribution in [1.29, 1.82) is 0 Å². The standard InChI is InChI=1S/C6H10O3/c1-5(7)6-4-8-2-3-9-6/h6H,2-4H2,1H3. The summed E-state index contributed by atoms with van der Waals surface area (Å²) in [4.78, 5) is 10.6. The third kappa shape index (κ3) is 1.77. The Morgan fingerprint density at radius 1 is 1.56 bits per heavy atom. The van der Waals surface area contributed by atoms with Crippen LogP contribution >= 0.6 is 0 Å². The van der Waals surface area contributed by atoms with E-state index in [9.17, 15) is 4.79 Å². The second kappa shape index (κ2) is 2.94. The lowest BCUT2D eigenvalue weighted by molar-refractivity contribution is -0.143. The average molecular weight is 130 g/mol. The highest BCUT2D eigenvalue weighted by atomic mass is 16.6. The van der Waals surface area contributed by atoms with E-state index < -0.39 is 0 Å². The molecular formula is C6H10O3. The van der Waals surface area contributed by atoms with Crippen molar-refractivity contribution in [3.63, 3.8) is 0 Å². The summed E-state index contributed by atoms with van der Waals surface area (Å²) >= 11 is 0. The van der Waals surface area contributed by atoms with Crippen LogP contribution in [0.3, 0.4) is 0 Å². The molecule has 1 atom stereocenters. The van der Waals surface area contributed by atoms with Crippen molar-refractivity contribution in [3.05, 3.63) is 0 Å². The number of rotatable bonds is 1. The third-order valence-electron chi connectivity index (χ3n) is 1.27. The quantitative estimate of drug-likeness (QED) is 0.501. The minimum atomic E-state index is -0.307. The lowest BCUT2D eigenvalue weighted by Crippen LogP contribution is -2.33. The van der Waals surface area contributed by atoms with E-state index in [0.29, 0.717) is 19.8 Å². The van der Waals surface area contributed by atoms with E-state index in [1.165, 1.54) is 6.92 Å². The lowest BCUT2D eigenvalue weighted by atomic mass is 10.2. The van der Waals surface area contributed by atoms with Crippen LogP contribution < -0.4 is 0 Å². The molecule has 0 aliphatic carbocycles. The molecule has 1 aliphatic heterocycles. The molecule has 1 fully saturated rings. The zero-order chi connectivity index (χ0) is 6.69. The molecule has 52 valence electrons. The fourth-order valence-electron chi connectivity index (χ4n) is 0.722. The second-order valence-corrected chi connectivity index (χ2v) is 2.04. The first-order valence-corrected chi connectivity index (χ1v) is 3.00. The van der Waals surface area contributed by atoms with Crippen LogP contribution in [0.1, 0.15) is 6.92 Å². The molecule has 0 N–H and O–H groups in total. The maximum absolute atomic E-state index is 10.6. The number of ketones is 1. The average Bonchev–Trinajstić information content (AvgIpc) is 1.90. The Kier molecular flexibility index (Phi) is 2.19. The van der Waals surface area contributed by atoms with Gasteiger partial charge in [0, 0.05) is 0 Å². The summed E-state index contributed by atoms with van der Waals surface area (Å²) in [6.07, 6.45) is -0.307. The molecule has 0 aromatic rings. The topological polar surface area (TPSA) is 35.5 Å². The molecule has 0 spiro atoms. The minimum Gasteiger partial charge on any atom is -0.376 e. The molecule has 0 aromatic carbocycles. The molecule has 0 aromatic heterocycles. The van der Waals surface area contributed by atoms with Crippen molar-refractivity contribution >= 4 is 5.78 Å². The van der Waals surface area contributed by atoms with Gasteiger partial charge in [-0.3, -0.25) is 4.79 Å². The van der Waals surface area contributed by atoms with Gasteiger partial charge in [-0.25, -0.2) is 0 Å². The first kappa shape index (κ1) is 6.71. The van der Waals surface area contributed by atoms with Gasteiger partial charge >= 0.3 is 0 Å². The van der Waals surface area contributed by atoms with E-state index >= 15 is 0 Å². The van der Waals surface area contributed by atoms with E-state index in [1.54, 1.807) is 0 Å². The summed E-state index contributed by atoms with van der Waals surface area (Å²) < 4.78 is 10.1. The predicted octanol–water partition coefficient (Wildman–Crippen LogP) is -0.00920. The van der Waals surface area contributed by atoms with Gasteiger partial charge < -0.3 is 9.47 Å². The molecule has 1 heterocycles. The van der Waals surface area contributed by atoms with Crippen molar-refractivity contribution in [3.8, 4) is 0 Å². The highest BCUT2D eigenvalue weighted by molar-refractivity contribution is 5.80. The fourth-order valence-corrected chi connectivity index (χ4v) is 0.722. The number of ether oxygens (including phenoxy) is 2. The van der Waals surface area contributed by atoms with Gasteiger partial charge in [0.15, 0.2) is 5.78 Å². The van der Waals surface area contributed by atoms with E-state index in [2.05, 4.69) is 0 Å². The van der Waals surface area contributed by atoms with Crippen molar-refractivity contribution in [1.82, 2.24) is 0 Å². The summed E-state index contributed by atoms with van der Waals surface area (Å²) in [5.41, 5.74) is 0. The SMILES string of the molecule is CC(=O)C1COCCO1. The highest BCUT2D eigenvalue weighted by Crippen LogP contribution is 2.00. The van der Waals surface area contributed by atoms with Crippen LogP contribution in [0.4, 0.5) is 0 Å². The molecule has 1 saturated heterocycles. The third-order valence-corrected chi connectivity index (χ3v) is 1.27. The van der Waals surface area contributed by atoms with Gasteiger partial charge in [-0.1, -0.05) is 0 Å². The zero-order valence-electron chi connectivity index (χ0n) is 5.42. The van der Waals surface area contributed by atoms with Crippen LogP contribution in [0, 0.1) is 0 Å². The first-order chi connectivity index (χ1) is 4.30. The molecule has 1 aliphatic rings. The van der Waals surface area contributed by atoms with Gasteiger partial charge in [0.1, 0.15) is 6.10 Å². The van der Waals surface area contributed by atoms with Gasteiger partial charge in [-0.15, -0.1) is 0 Å². The van der Waals surface area contributed by atoms with Crippen LogP contribution in [0.15, 0.2) is 0 Å². The maximum atomic E-state index is 10.6. The summed E-state index contributed by atoms with van der Waals surface area (Å²) in [5.74, 6) is 0.0506. The van der Waals surface area contributed by atoms with E-state index in [-0.39, 0.29) is 11.9 Å². The normalized spacial score (nSPS) is 27.9.